The van der Waals surface area contributed by atoms with Crippen LogP contribution in [0.15, 0.2) is 28.9 Å². The van der Waals surface area contributed by atoms with Gasteiger partial charge in [-0.1, -0.05) is 22.0 Å². The van der Waals surface area contributed by atoms with E-state index in [1.54, 1.807) is 7.11 Å². The van der Waals surface area contributed by atoms with E-state index in [0.29, 0.717) is 0 Å². The molecule has 0 N–H and O–H groups in total. The van der Waals surface area contributed by atoms with Crippen LogP contribution in [0.4, 0.5) is 0 Å². The van der Waals surface area contributed by atoms with Gasteiger partial charge in [-0.2, -0.15) is 0 Å². The summed E-state index contributed by atoms with van der Waals surface area (Å²) in [6.45, 7) is 0. The number of methoxy groups -OCH3 is 1. The Morgan fingerprint density at radius 1 is 1.38 bits per heavy atom. The second kappa shape index (κ2) is 3.54. The van der Waals surface area contributed by atoms with Gasteiger partial charge < -0.3 is 4.74 Å². The van der Waals surface area contributed by atoms with E-state index in [1.165, 1.54) is 16.7 Å². The lowest BCUT2D eigenvalue weighted by molar-refractivity contribution is 0.339. The summed E-state index contributed by atoms with van der Waals surface area (Å²) in [5, 5.41) is 0. The maximum atomic E-state index is 5.04. The second-order valence-corrected chi connectivity index (χ2v) is 4.10. The molecule has 68 valence electrons. The predicted octanol–water partition coefficient (Wildman–Crippen LogP) is 3.38. The summed E-state index contributed by atoms with van der Waals surface area (Å²) >= 11 is 3.47. The molecule has 0 spiro atoms. The highest BCUT2D eigenvalue weighted by atomic mass is 79.9. The number of fused-ring (bicyclic) bond motifs is 1. The topological polar surface area (TPSA) is 9.23 Å². The largest absolute Gasteiger partial charge is 0.504 e. The van der Waals surface area contributed by atoms with Crippen LogP contribution in [0.1, 0.15) is 17.5 Å². The lowest BCUT2D eigenvalue weighted by Crippen LogP contribution is -1.81. The monoisotopic (exact) mass is 238 g/mol. The van der Waals surface area contributed by atoms with Crippen LogP contribution >= 0.6 is 15.9 Å². The molecule has 0 aliphatic heterocycles. The Morgan fingerprint density at radius 3 is 3.00 bits per heavy atom. The molecule has 0 heterocycles. The molecule has 13 heavy (non-hydrogen) atoms. The van der Waals surface area contributed by atoms with Gasteiger partial charge in [-0.05, 0) is 41.7 Å². The fraction of sp³-hybridized carbons (Fsp3) is 0.273. The Morgan fingerprint density at radius 2 is 2.23 bits per heavy atom. The van der Waals surface area contributed by atoms with Crippen molar-refractivity contribution in [3.8, 4) is 0 Å². The maximum absolute atomic E-state index is 5.04. The molecule has 1 aliphatic rings. The van der Waals surface area contributed by atoms with Gasteiger partial charge in [0, 0.05) is 4.47 Å². The average molecular weight is 239 g/mol. The zero-order chi connectivity index (χ0) is 9.26. The number of ether oxygens (including phenoxy) is 1. The Balaban J connectivity index is 2.44. The molecule has 0 bridgehead atoms. The zero-order valence-electron chi connectivity index (χ0n) is 7.51. The number of allylic oxidation sites excluding steroid dienone is 1. The van der Waals surface area contributed by atoms with Crippen molar-refractivity contribution in [3.63, 3.8) is 0 Å². The number of benzene rings is 1. The maximum Gasteiger partial charge on any atom is 0.0862 e. The Kier molecular flexibility index (Phi) is 2.40. The summed E-state index contributed by atoms with van der Waals surface area (Å²) in [6, 6.07) is 6.41. The number of hydrogen-bond acceptors (Lipinski definition) is 1. The first kappa shape index (κ1) is 8.82. The van der Waals surface area contributed by atoms with Gasteiger partial charge in [-0.15, -0.1) is 0 Å². The van der Waals surface area contributed by atoms with Crippen molar-refractivity contribution in [1.29, 1.82) is 0 Å². The molecule has 1 aromatic rings. The Hall–Kier alpha value is -0.760. The Bertz CT molecular complexity index is 355. The van der Waals surface area contributed by atoms with E-state index in [2.05, 4.69) is 34.1 Å². The minimum Gasteiger partial charge on any atom is -0.504 e. The van der Waals surface area contributed by atoms with Crippen molar-refractivity contribution < 1.29 is 4.74 Å². The highest BCUT2D eigenvalue weighted by Gasteiger charge is 2.15. The van der Waals surface area contributed by atoms with Gasteiger partial charge in [0.25, 0.3) is 0 Å². The molecule has 0 saturated carbocycles. The number of hydrogen-bond donors (Lipinski definition) is 0. The van der Waals surface area contributed by atoms with E-state index in [1.807, 2.05) is 6.26 Å². The fourth-order valence-electron chi connectivity index (χ4n) is 1.75. The van der Waals surface area contributed by atoms with Crippen molar-refractivity contribution in [1.82, 2.24) is 0 Å². The fourth-order valence-corrected chi connectivity index (χ4v) is 2.16. The second-order valence-electron chi connectivity index (χ2n) is 3.18. The Labute approximate surface area is 86.5 Å². The summed E-state index contributed by atoms with van der Waals surface area (Å²) in [5.74, 6) is 0. The molecule has 0 aromatic heterocycles. The first-order valence-corrected chi connectivity index (χ1v) is 5.11. The average Bonchev–Trinajstić information content (AvgIpc) is 2.49. The quantitative estimate of drug-likeness (QED) is 0.682. The van der Waals surface area contributed by atoms with E-state index in [0.717, 1.165) is 17.3 Å². The van der Waals surface area contributed by atoms with Crippen LogP contribution in [0.3, 0.4) is 0 Å². The smallest absolute Gasteiger partial charge is 0.0862 e. The van der Waals surface area contributed by atoms with Gasteiger partial charge in [0.05, 0.1) is 13.4 Å². The molecule has 0 unspecified atom stereocenters. The molecule has 0 radical (unpaired) electrons. The van der Waals surface area contributed by atoms with E-state index >= 15 is 0 Å². The van der Waals surface area contributed by atoms with Crippen LogP contribution in [-0.2, 0) is 11.2 Å². The summed E-state index contributed by atoms with van der Waals surface area (Å²) in [6.07, 6.45) is 4.07. The summed E-state index contributed by atoms with van der Waals surface area (Å²) in [5.41, 5.74) is 4.06. The molecular weight excluding hydrogens is 228 g/mol. The van der Waals surface area contributed by atoms with Gasteiger partial charge in [-0.3, -0.25) is 0 Å². The van der Waals surface area contributed by atoms with Crippen LogP contribution < -0.4 is 0 Å². The standard InChI is InChI=1S/C11H11BrO/c1-13-7-9-3-2-8-6-10(12)4-5-11(8)9/h4-7H,2-3H2,1H3/b9-7-. The van der Waals surface area contributed by atoms with Gasteiger partial charge in [0.2, 0.25) is 0 Å². The number of rotatable bonds is 1. The SMILES string of the molecule is CO/C=C1/CCc2cc(Br)ccc21. The summed E-state index contributed by atoms with van der Waals surface area (Å²) in [4.78, 5) is 0. The number of aryl methyl sites for hydroxylation is 1. The molecule has 0 amide bonds. The molecule has 2 rings (SSSR count). The summed E-state index contributed by atoms with van der Waals surface area (Å²) in [7, 11) is 1.70. The van der Waals surface area contributed by atoms with E-state index in [9.17, 15) is 0 Å². The summed E-state index contributed by atoms with van der Waals surface area (Å²) < 4.78 is 6.20. The van der Waals surface area contributed by atoms with Crippen molar-refractivity contribution >= 4 is 21.5 Å². The van der Waals surface area contributed by atoms with Gasteiger partial charge in [0.1, 0.15) is 0 Å². The number of halogens is 1. The molecule has 0 saturated heterocycles. The van der Waals surface area contributed by atoms with E-state index in [4.69, 9.17) is 4.74 Å². The van der Waals surface area contributed by atoms with Crippen LogP contribution in [0.25, 0.3) is 5.57 Å². The van der Waals surface area contributed by atoms with Gasteiger partial charge in [-0.25, -0.2) is 0 Å². The molecule has 1 aliphatic carbocycles. The first-order chi connectivity index (χ1) is 6.31. The third-order valence-corrected chi connectivity index (χ3v) is 2.83. The lowest BCUT2D eigenvalue weighted by atomic mass is 10.1. The predicted molar refractivity (Wildman–Crippen MR) is 57.4 cm³/mol. The molecular formula is C11H11BrO. The minimum absolute atomic E-state index is 1.10. The molecule has 1 nitrogen and oxygen atoms in total. The van der Waals surface area contributed by atoms with Crippen LogP contribution in [0, 0.1) is 0 Å². The van der Waals surface area contributed by atoms with Crippen LogP contribution in [-0.4, -0.2) is 7.11 Å². The van der Waals surface area contributed by atoms with Gasteiger partial charge >= 0.3 is 0 Å². The first-order valence-electron chi connectivity index (χ1n) is 4.32. The van der Waals surface area contributed by atoms with Crippen molar-refractivity contribution in [2.24, 2.45) is 0 Å². The van der Waals surface area contributed by atoms with Crippen LogP contribution in [0.2, 0.25) is 0 Å². The van der Waals surface area contributed by atoms with Crippen LogP contribution in [0.5, 0.6) is 0 Å². The molecule has 2 heteroatoms. The highest BCUT2D eigenvalue weighted by Crippen LogP contribution is 2.33. The molecule has 1 aromatic carbocycles. The van der Waals surface area contributed by atoms with Crippen molar-refractivity contribution in [2.75, 3.05) is 7.11 Å². The van der Waals surface area contributed by atoms with Gasteiger partial charge in [0.15, 0.2) is 0 Å². The van der Waals surface area contributed by atoms with Crippen molar-refractivity contribution in [2.45, 2.75) is 12.8 Å². The third-order valence-electron chi connectivity index (χ3n) is 2.34. The zero-order valence-corrected chi connectivity index (χ0v) is 9.10. The third kappa shape index (κ3) is 1.63. The van der Waals surface area contributed by atoms with E-state index in [-0.39, 0.29) is 0 Å². The minimum atomic E-state index is 1.10. The normalized spacial score (nSPS) is 17.5. The van der Waals surface area contributed by atoms with E-state index < -0.39 is 0 Å². The molecule has 0 fully saturated rings. The molecule has 0 atom stereocenters. The highest BCUT2D eigenvalue weighted by molar-refractivity contribution is 9.10. The lowest BCUT2D eigenvalue weighted by Gasteiger charge is -2.00. The van der Waals surface area contributed by atoms with Crippen molar-refractivity contribution in [3.05, 3.63) is 40.1 Å².